The highest BCUT2D eigenvalue weighted by Gasteiger charge is 2.45. The first-order valence-corrected chi connectivity index (χ1v) is 23.8. The van der Waals surface area contributed by atoms with E-state index >= 15 is 0 Å². The zero-order valence-electron chi connectivity index (χ0n) is 37.3. The van der Waals surface area contributed by atoms with Gasteiger partial charge in [-0.3, -0.25) is 0 Å². The molecule has 2 aromatic carbocycles. The molecule has 0 saturated carbocycles. The van der Waals surface area contributed by atoms with Crippen molar-refractivity contribution in [3.8, 4) is 0 Å². The van der Waals surface area contributed by atoms with Gasteiger partial charge < -0.3 is 38.9 Å². The molecule has 0 radical (unpaired) electrons. The Kier molecular flexibility index (Phi) is 13.9. The van der Waals surface area contributed by atoms with Gasteiger partial charge in [0.1, 0.15) is 26.8 Å². The molecule has 0 unspecified atom stereocenters. The van der Waals surface area contributed by atoms with Crippen LogP contribution in [0.4, 0.5) is 11.4 Å². The van der Waals surface area contributed by atoms with E-state index in [0.29, 0.717) is 19.5 Å². The molecule has 0 atom stereocenters. The number of allylic oxidation sites excluding steroid dienone is 7. The van der Waals surface area contributed by atoms with E-state index in [0.717, 1.165) is 118 Å². The summed E-state index contributed by atoms with van der Waals surface area (Å²) in [4.78, 5) is 1.80. The number of hydrogen-bond acceptors (Lipinski definition) is 8. The van der Waals surface area contributed by atoms with Crippen LogP contribution in [0.5, 0.6) is 0 Å². The number of nitrogens with zero attached hydrogens (tertiary/aromatic N) is 5. The maximum atomic E-state index is 12.1. The van der Waals surface area contributed by atoms with E-state index in [2.05, 4.69) is 114 Å². The molecule has 3 aliphatic rings. The largest absolute Gasteiger partial charge is 0.744 e. The maximum Gasteiger partial charge on any atom is 0.209 e. The molecule has 0 spiro atoms. The lowest BCUT2D eigenvalue weighted by atomic mass is 9.81. The molecule has 2 aromatic rings. The van der Waals surface area contributed by atoms with Gasteiger partial charge >= 0.3 is 0 Å². The van der Waals surface area contributed by atoms with Crippen molar-refractivity contribution in [2.45, 2.75) is 86.8 Å². The fraction of sp³-hybridized carbons (Fsp3) is 0.533. The lowest BCUT2D eigenvalue weighted by molar-refractivity contribution is -0.871. The standard InChI is InChI=1S/C45H65N7O6S2/c1-44(2)37-31-35(59(53,54)55)19-21-39(37)49(27-13-29-51(5,6)7)41(44)23-17-33-15-11-16-34(43(33)47-25-12-26-48-46)18-24-42-45(3,4)38-32-36(60(56,57)58)20-22-40(38)50(42)28-14-30-52(8,9)10/h17-24,31-32,48H,11-16,25-30H2,1-10H3/p+1/b33-17+,41-23+. The number of quaternary nitrogens is 2. The topological polar surface area (TPSA) is 169 Å². The molecule has 328 valence electrons. The minimum absolute atomic E-state index is 0.232. The number of benzene rings is 2. The molecule has 2 N–H and O–H groups in total. The smallest absolute Gasteiger partial charge is 0.209 e. The van der Waals surface area contributed by atoms with Crippen LogP contribution >= 0.6 is 0 Å². The molecule has 13 nitrogen and oxygen atoms in total. The van der Waals surface area contributed by atoms with Gasteiger partial charge in [-0.2, -0.15) is 4.58 Å². The predicted molar refractivity (Wildman–Crippen MR) is 235 cm³/mol. The van der Waals surface area contributed by atoms with Gasteiger partial charge in [0.25, 0.3) is 0 Å². The van der Waals surface area contributed by atoms with Crippen molar-refractivity contribution in [2.75, 3.05) is 86.5 Å². The summed E-state index contributed by atoms with van der Waals surface area (Å²) in [6.07, 6.45) is 13.7. The van der Waals surface area contributed by atoms with Crippen LogP contribution in [-0.2, 0) is 31.1 Å². The highest BCUT2D eigenvalue weighted by Crippen LogP contribution is 2.49. The number of anilines is 1. The van der Waals surface area contributed by atoms with Gasteiger partial charge in [0.05, 0.1) is 77.0 Å². The fourth-order valence-corrected chi connectivity index (χ4v) is 9.73. The molecule has 0 saturated heterocycles. The Balaban J connectivity index is 1.61. The first-order valence-electron chi connectivity index (χ1n) is 20.9. The Labute approximate surface area is 359 Å². The first kappa shape index (κ1) is 47.1. The zero-order valence-corrected chi connectivity index (χ0v) is 38.9. The van der Waals surface area contributed by atoms with Gasteiger partial charge in [-0.25, -0.2) is 16.8 Å². The molecule has 60 heavy (non-hydrogen) atoms. The Hall–Kier alpha value is -3.99. The van der Waals surface area contributed by atoms with Crippen LogP contribution in [0.3, 0.4) is 0 Å². The van der Waals surface area contributed by atoms with Crippen molar-refractivity contribution in [3.63, 3.8) is 0 Å². The average Bonchev–Trinajstić information content (AvgIpc) is 3.47. The highest BCUT2D eigenvalue weighted by atomic mass is 32.2. The molecular formula is C45H66N7O6S2+. The first-order chi connectivity index (χ1) is 27.8. The van der Waals surface area contributed by atoms with Crippen molar-refractivity contribution in [1.82, 2.24) is 5.32 Å². The highest BCUT2D eigenvalue weighted by molar-refractivity contribution is 7.86. The minimum atomic E-state index is -4.64. The van der Waals surface area contributed by atoms with Crippen LogP contribution in [0, 0.1) is 0 Å². The number of rotatable bonds is 18. The monoisotopic (exact) mass is 864 g/mol. The second kappa shape index (κ2) is 17.8. The summed E-state index contributed by atoms with van der Waals surface area (Å²) in [7, 11) is 3.67. The molecule has 0 bridgehead atoms. The molecule has 2 aliphatic heterocycles. The lowest BCUT2D eigenvalue weighted by Crippen LogP contribution is -2.63. The van der Waals surface area contributed by atoms with Crippen molar-refractivity contribution in [3.05, 3.63) is 99.9 Å². The van der Waals surface area contributed by atoms with Gasteiger partial charge in [-0.05, 0) is 86.2 Å². The van der Waals surface area contributed by atoms with Crippen LogP contribution in [0.15, 0.2) is 93.0 Å². The van der Waals surface area contributed by atoms with Gasteiger partial charge in [-0.15, -0.1) is 0 Å². The Morgan fingerprint density at radius 1 is 0.817 bits per heavy atom. The summed E-state index contributed by atoms with van der Waals surface area (Å²) in [5.74, 6) is 0. The summed E-state index contributed by atoms with van der Waals surface area (Å²) in [6, 6.07) is 9.43. The van der Waals surface area contributed by atoms with E-state index in [4.69, 9.17) is 0 Å². The van der Waals surface area contributed by atoms with E-state index in [1.165, 1.54) is 24.3 Å². The summed E-state index contributed by atoms with van der Waals surface area (Å²) in [6.45, 7) is 12.7. The predicted octanol–water partition coefficient (Wildman–Crippen LogP) is 4.75. The molecule has 0 amide bonds. The normalized spacial score (nSPS) is 19.5. The molecule has 0 aromatic heterocycles. The number of fused-ring (bicyclic) bond motifs is 2. The van der Waals surface area contributed by atoms with Gasteiger partial charge in [0.2, 0.25) is 5.69 Å². The van der Waals surface area contributed by atoms with E-state index in [9.17, 15) is 31.5 Å². The third-order valence-electron chi connectivity index (χ3n) is 11.9. The van der Waals surface area contributed by atoms with Crippen LogP contribution < -0.4 is 15.3 Å². The summed E-state index contributed by atoms with van der Waals surface area (Å²) in [5, 5.41) is 5.94. The van der Waals surface area contributed by atoms with Crippen LogP contribution in [0.1, 0.15) is 77.3 Å². The SMILES string of the molecule is CC1(C)C(/C=C/C2=C(NCCC[NH+]=[N-])C(=C/C=C3/N(CCC[N+](C)(C)C)c4ccc(S(=O)(=O)[O-])cc4C3(C)C)/CCC2)=[N+](CCC[N+](C)(C)C)c2ccc(S(=O)(=O)[O-])cc21. The average molecular weight is 865 g/mol. The molecule has 15 heteroatoms. The van der Waals surface area contributed by atoms with Crippen LogP contribution in [0.25, 0.3) is 5.53 Å². The van der Waals surface area contributed by atoms with Crippen molar-refractivity contribution < 1.29 is 44.6 Å². The van der Waals surface area contributed by atoms with Crippen LogP contribution in [0.2, 0.25) is 0 Å². The van der Waals surface area contributed by atoms with Crippen molar-refractivity contribution in [1.29, 1.82) is 0 Å². The Morgan fingerprint density at radius 2 is 1.43 bits per heavy atom. The minimum Gasteiger partial charge on any atom is -0.744 e. The van der Waals surface area contributed by atoms with Crippen LogP contribution in [-0.4, -0.2) is 127 Å². The summed E-state index contributed by atoms with van der Waals surface area (Å²) < 4.78 is 76.6. The van der Waals surface area contributed by atoms with Gasteiger partial charge in [0, 0.05) is 66.1 Å². The second-order valence-electron chi connectivity index (χ2n) is 19.5. The maximum absolute atomic E-state index is 12.1. The van der Waals surface area contributed by atoms with Crippen molar-refractivity contribution >= 4 is 37.3 Å². The van der Waals surface area contributed by atoms with E-state index in [1.807, 2.05) is 0 Å². The second-order valence-corrected chi connectivity index (χ2v) is 22.2. The third kappa shape index (κ3) is 10.9. The number of nitrogens with one attached hydrogen (secondary N) is 2. The van der Waals surface area contributed by atoms with E-state index < -0.39 is 31.1 Å². The van der Waals surface area contributed by atoms with Crippen molar-refractivity contribution in [2.24, 2.45) is 0 Å². The Bertz CT molecular complexity index is 2360. The molecule has 0 fully saturated rings. The van der Waals surface area contributed by atoms with E-state index in [-0.39, 0.29) is 9.79 Å². The molecule has 5 rings (SSSR count). The molecular weight excluding hydrogens is 799 g/mol. The fourth-order valence-electron chi connectivity index (χ4n) is 8.73. The van der Waals surface area contributed by atoms with Gasteiger partial charge in [0.15, 0.2) is 12.3 Å². The number of hydrogen-bond donors (Lipinski definition) is 2. The van der Waals surface area contributed by atoms with Gasteiger partial charge in [-0.1, -0.05) is 26.0 Å². The summed E-state index contributed by atoms with van der Waals surface area (Å²) >= 11 is 0. The Morgan fingerprint density at radius 3 is 2.05 bits per heavy atom. The summed E-state index contributed by atoms with van der Waals surface area (Å²) in [5.41, 5.74) is 16.8. The zero-order chi connectivity index (χ0) is 44.5. The molecule has 1 aliphatic carbocycles. The quantitative estimate of drug-likeness (QED) is 0.0712. The lowest BCUT2D eigenvalue weighted by Gasteiger charge is -2.29. The van der Waals surface area contributed by atoms with E-state index in [1.54, 1.807) is 12.1 Å². The molecule has 2 heterocycles. The third-order valence-corrected chi connectivity index (χ3v) is 13.6.